The van der Waals surface area contributed by atoms with E-state index in [9.17, 15) is 9.59 Å². The first-order valence-electron chi connectivity index (χ1n) is 6.54. The Morgan fingerprint density at radius 1 is 1.45 bits per heavy atom. The second-order valence-corrected chi connectivity index (χ2v) is 5.76. The minimum Gasteiger partial charge on any atom is -0.465 e. The predicted octanol–water partition coefficient (Wildman–Crippen LogP) is 1.95. The molecule has 0 bridgehead atoms. The Hall–Kier alpha value is -1.47. The van der Waals surface area contributed by atoms with Gasteiger partial charge in [0.25, 0.3) is 0 Å². The maximum Gasteiger partial charge on any atom is 0.350 e. The zero-order valence-electron chi connectivity index (χ0n) is 12.3. The number of methoxy groups -OCH3 is 1. The van der Waals surface area contributed by atoms with Crippen LogP contribution in [0.1, 0.15) is 49.0 Å². The topological polar surface area (TPSA) is 94.3 Å². The summed E-state index contributed by atoms with van der Waals surface area (Å²) in [6.07, 6.45) is 1.98. The van der Waals surface area contributed by atoms with Gasteiger partial charge in [-0.25, -0.2) is 9.78 Å². The number of aryl methyl sites for hydroxylation is 1. The molecule has 3 N–H and O–H groups in total. The summed E-state index contributed by atoms with van der Waals surface area (Å²) in [5, 5.41) is 3.05. The maximum atomic E-state index is 12.1. The van der Waals surface area contributed by atoms with E-state index in [1.807, 2.05) is 13.8 Å². The van der Waals surface area contributed by atoms with Crippen molar-refractivity contribution in [3.8, 4) is 0 Å². The zero-order valence-corrected chi connectivity index (χ0v) is 13.1. The van der Waals surface area contributed by atoms with Crippen LogP contribution in [-0.4, -0.2) is 29.5 Å². The number of esters is 1. The molecular formula is C13H21N3O3S. The molecule has 0 aliphatic rings. The Labute approximate surface area is 122 Å². The van der Waals surface area contributed by atoms with Crippen molar-refractivity contribution >= 4 is 28.3 Å². The van der Waals surface area contributed by atoms with Crippen molar-refractivity contribution < 1.29 is 14.3 Å². The van der Waals surface area contributed by atoms with Gasteiger partial charge in [-0.05, 0) is 19.8 Å². The van der Waals surface area contributed by atoms with E-state index >= 15 is 0 Å². The number of nitrogens with two attached hydrogens (primary N) is 1. The van der Waals surface area contributed by atoms with E-state index in [0.717, 1.165) is 17.8 Å². The minimum atomic E-state index is -0.946. The van der Waals surface area contributed by atoms with Crippen LogP contribution < -0.4 is 11.1 Å². The summed E-state index contributed by atoms with van der Waals surface area (Å²) in [5.74, 6) is -0.740. The van der Waals surface area contributed by atoms with Gasteiger partial charge in [-0.15, -0.1) is 0 Å². The molecule has 112 valence electrons. The molecular weight excluding hydrogens is 278 g/mol. The van der Waals surface area contributed by atoms with E-state index < -0.39 is 11.5 Å². The van der Waals surface area contributed by atoms with Gasteiger partial charge in [0, 0.05) is 0 Å². The number of anilines is 1. The van der Waals surface area contributed by atoms with Crippen LogP contribution in [0.5, 0.6) is 0 Å². The highest BCUT2D eigenvalue weighted by Gasteiger charge is 2.28. The highest BCUT2D eigenvalue weighted by molar-refractivity contribution is 7.17. The maximum absolute atomic E-state index is 12.1. The number of thiazole rings is 1. The first-order chi connectivity index (χ1) is 9.35. The largest absolute Gasteiger partial charge is 0.465 e. The number of rotatable bonds is 6. The molecule has 1 atom stereocenters. The van der Waals surface area contributed by atoms with Crippen molar-refractivity contribution in [2.45, 2.75) is 45.6 Å². The van der Waals surface area contributed by atoms with E-state index in [4.69, 9.17) is 10.5 Å². The molecule has 1 amide bonds. The van der Waals surface area contributed by atoms with Crippen molar-refractivity contribution in [2.75, 3.05) is 12.4 Å². The quantitative estimate of drug-likeness (QED) is 0.783. The summed E-state index contributed by atoms with van der Waals surface area (Å²) >= 11 is 1.11. The second-order valence-electron chi connectivity index (χ2n) is 4.76. The molecule has 1 aromatic heterocycles. The Kier molecular flexibility index (Phi) is 5.64. The summed E-state index contributed by atoms with van der Waals surface area (Å²) in [7, 11) is 1.32. The van der Waals surface area contributed by atoms with Crippen LogP contribution in [0, 0.1) is 0 Å². The lowest BCUT2D eigenvalue weighted by molar-refractivity contribution is -0.120. The lowest BCUT2D eigenvalue weighted by atomic mass is 9.97. The van der Waals surface area contributed by atoms with E-state index in [2.05, 4.69) is 10.3 Å². The number of carbonyl (C=O) groups is 2. The third kappa shape index (κ3) is 3.77. The summed E-state index contributed by atoms with van der Waals surface area (Å²) in [5.41, 5.74) is 5.63. The van der Waals surface area contributed by atoms with Crippen molar-refractivity contribution in [2.24, 2.45) is 5.73 Å². The summed E-state index contributed by atoms with van der Waals surface area (Å²) in [6.45, 7) is 5.53. The van der Waals surface area contributed by atoms with Crippen molar-refractivity contribution in [3.63, 3.8) is 0 Å². The first-order valence-corrected chi connectivity index (χ1v) is 7.35. The molecule has 0 aromatic carbocycles. The lowest BCUT2D eigenvalue weighted by Gasteiger charge is -2.21. The number of hydrogen-bond acceptors (Lipinski definition) is 6. The van der Waals surface area contributed by atoms with Gasteiger partial charge in [0.15, 0.2) is 5.13 Å². The smallest absolute Gasteiger partial charge is 0.350 e. The van der Waals surface area contributed by atoms with Gasteiger partial charge in [-0.3, -0.25) is 4.79 Å². The van der Waals surface area contributed by atoms with Crippen LogP contribution in [0.2, 0.25) is 0 Å². The standard InChI is InChI=1S/C13H21N3O3S/c1-5-7-13(3,14)11(18)16-12-15-8(6-2)9(20-12)10(17)19-4/h5-7,14H2,1-4H3,(H,15,16,18). The molecule has 20 heavy (non-hydrogen) atoms. The van der Waals surface area contributed by atoms with Gasteiger partial charge in [0.05, 0.1) is 18.3 Å². The fourth-order valence-corrected chi connectivity index (χ4v) is 2.74. The molecule has 1 heterocycles. The normalized spacial score (nSPS) is 13.7. The Morgan fingerprint density at radius 2 is 2.10 bits per heavy atom. The van der Waals surface area contributed by atoms with Gasteiger partial charge in [-0.2, -0.15) is 0 Å². The summed E-state index contributed by atoms with van der Waals surface area (Å²) < 4.78 is 4.70. The number of aromatic nitrogens is 1. The van der Waals surface area contributed by atoms with Gasteiger partial charge in [-0.1, -0.05) is 31.6 Å². The van der Waals surface area contributed by atoms with Crippen molar-refractivity contribution in [3.05, 3.63) is 10.6 Å². The molecule has 0 saturated heterocycles. The molecule has 0 radical (unpaired) electrons. The molecule has 1 aromatic rings. The first kappa shape index (κ1) is 16.6. The predicted molar refractivity (Wildman–Crippen MR) is 79.0 cm³/mol. The van der Waals surface area contributed by atoms with E-state index in [-0.39, 0.29) is 5.91 Å². The summed E-state index contributed by atoms with van der Waals surface area (Å²) in [4.78, 5) is 28.3. The minimum absolute atomic E-state index is 0.299. The van der Waals surface area contributed by atoms with Gasteiger partial charge in [0.2, 0.25) is 5.91 Å². The highest BCUT2D eigenvalue weighted by Crippen LogP contribution is 2.25. The number of carbonyl (C=O) groups excluding carboxylic acids is 2. The third-order valence-corrected chi connectivity index (χ3v) is 3.90. The Balaban J connectivity index is 2.91. The fourth-order valence-electron chi connectivity index (χ4n) is 1.77. The zero-order chi connectivity index (χ0) is 15.3. The molecule has 0 aliphatic heterocycles. The Bertz CT molecular complexity index is 497. The van der Waals surface area contributed by atoms with Crippen molar-refractivity contribution in [1.29, 1.82) is 0 Å². The monoisotopic (exact) mass is 299 g/mol. The van der Waals surface area contributed by atoms with Gasteiger partial charge < -0.3 is 15.8 Å². The van der Waals surface area contributed by atoms with Crippen LogP contribution in [0.3, 0.4) is 0 Å². The Morgan fingerprint density at radius 3 is 2.60 bits per heavy atom. The molecule has 1 unspecified atom stereocenters. The van der Waals surface area contributed by atoms with Crippen LogP contribution in [0.25, 0.3) is 0 Å². The van der Waals surface area contributed by atoms with E-state index in [0.29, 0.717) is 28.5 Å². The number of ether oxygens (including phenoxy) is 1. The molecule has 0 spiro atoms. The average molecular weight is 299 g/mol. The van der Waals surface area contributed by atoms with Gasteiger partial charge in [0.1, 0.15) is 4.88 Å². The van der Waals surface area contributed by atoms with Crippen LogP contribution in [-0.2, 0) is 16.0 Å². The molecule has 0 fully saturated rings. The molecule has 0 saturated carbocycles. The van der Waals surface area contributed by atoms with Crippen LogP contribution >= 0.6 is 11.3 Å². The fraction of sp³-hybridized carbons (Fsp3) is 0.615. The third-order valence-electron chi connectivity index (χ3n) is 2.91. The van der Waals surface area contributed by atoms with Gasteiger partial charge >= 0.3 is 5.97 Å². The number of nitrogens with zero attached hydrogens (tertiary/aromatic N) is 1. The second kappa shape index (κ2) is 6.81. The number of amides is 1. The van der Waals surface area contributed by atoms with E-state index in [1.165, 1.54) is 7.11 Å². The van der Waals surface area contributed by atoms with Crippen LogP contribution in [0.4, 0.5) is 5.13 Å². The highest BCUT2D eigenvalue weighted by atomic mass is 32.1. The number of nitrogens with one attached hydrogen (secondary N) is 1. The lowest BCUT2D eigenvalue weighted by Crippen LogP contribution is -2.48. The molecule has 1 rings (SSSR count). The molecule has 7 heteroatoms. The van der Waals surface area contributed by atoms with E-state index in [1.54, 1.807) is 6.92 Å². The SMILES string of the molecule is CCCC(C)(N)C(=O)Nc1nc(CC)c(C(=O)OC)s1. The average Bonchev–Trinajstić information content (AvgIpc) is 2.80. The summed E-state index contributed by atoms with van der Waals surface area (Å²) in [6, 6.07) is 0. The van der Waals surface area contributed by atoms with Crippen LogP contribution in [0.15, 0.2) is 0 Å². The molecule has 6 nitrogen and oxygen atoms in total. The number of hydrogen-bond donors (Lipinski definition) is 2. The molecule has 0 aliphatic carbocycles. The van der Waals surface area contributed by atoms with Crippen molar-refractivity contribution in [1.82, 2.24) is 4.98 Å².